The van der Waals surface area contributed by atoms with E-state index in [1.165, 1.54) is 38.9 Å². The summed E-state index contributed by atoms with van der Waals surface area (Å²) >= 11 is 0. The first-order valence-corrected chi connectivity index (χ1v) is 6.49. The standard InChI is InChI=1S/C13H28N2O/c1-13(2,11-14)6-4-7-15-8-5-12(9-15)10-16-3/h12H,4-11,14H2,1-3H3. The molecule has 0 aromatic rings. The van der Waals surface area contributed by atoms with E-state index in [9.17, 15) is 0 Å². The summed E-state index contributed by atoms with van der Waals surface area (Å²) in [6.45, 7) is 9.91. The minimum absolute atomic E-state index is 0.311. The fourth-order valence-corrected chi connectivity index (χ4v) is 2.37. The first-order valence-electron chi connectivity index (χ1n) is 6.49. The summed E-state index contributed by atoms with van der Waals surface area (Å²) in [5.74, 6) is 0.757. The molecule has 1 rings (SSSR count). The molecule has 1 atom stereocenters. The third-order valence-electron chi connectivity index (χ3n) is 3.65. The van der Waals surface area contributed by atoms with Crippen molar-refractivity contribution in [3.05, 3.63) is 0 Å². The number of nitrogens with two attached hydrogens (primary N) is 1. The van der Waals surface area contributed by atoms with Crippen molar-refractivity contribution in [3.8, 4) is 0 Å². The molecule has 0 saturated carbocycles. The van der Waals surface area contributed by atoms with Gasteiger partial charge in [-0.05, 0) is 50.2 Å². The number of hydrogen-bond donors (Lipinski definition) is 1. The SMILES string of the molecule is COCC1CCN(CCCC(C)(C)CN)C1. The molecule has 1 aliphatic rings. The van der Waals surface area contributed by atoms with Crippen LogP contribution >= 0.6 is 0 Å². The number of likely N-dealkylation sites (tertiary alicyclic amines) is 1. The van der Waals surface area contributed by atoms with E-state index in [1.807, 2.05) is 0 Å². The maximum Gasteiger partial charge on any atom is 0.0503 e. The zero-order chi connectivity index (χ0) is 12.0. The Balaban J connectivity index is 2.11. The topological polar surface area (TPSA) is 38.5 Å². The van der Waals surface area contributed by atoms with E-state index in [0.29, 0.717) is 5.41 Å². The number of rotatable bonds is 7. The summed E-state index contributed by atoms with van der Waals surface area (Å²) in [4.78, 5) is 2.57. The van der Waals surface area contributed by atoms with Gasteiger partial charge in [-0.25, -0.2) is 0 Å². The van der Waals surface area contributed by atoms with Crippen molar-refractivity contribution in [2.24, 2.45) is 17.1 Å². The van der Waals surface area contributed by atoms with Gasteiger partial charge in [0.2, 0.25) is 0 Å². The predicted molar refractivity (Wildman–Crippen MR) is 68.5 cm³/mol. The van der Waals surface area contributed by atoms with Gasteiger partial charge in [0.15, 0.2) is 0 Å². The number of methoxy groups -OCH3 is 1. The highest BCUT2D eigenvalue weighted by atomic mass is 16.5. The molecule has 1 saturated heterocycles. The molecule has 0 aliphatic carbocycles. The van der Waals surface area contributed by atoms with E-state index >= 15 is 0 Å². The minimum atomic E-state index is 0.311. The molecule has 1 fully saturated rings. The van der Waals surface area contributed by atoms with Gasteiger partial charge < -0.3 is 15.4 Å². The molecule has 96 valence electrons. The Labute approximate surface area is 100 Å². The summed E-state index contributed by atoms with van der Waals surface area (Å²) in [6.07, 6.45) is 3.80. The van der Waals surface area contributed by atoms with Crippen LogP contribution in [0.3, 0.4) is 0 Å². The molecule has 1 aliphatic heterocycles. The molecule has 2 N–H and O–H groups in total. The number of ether oxygens (including phenoxy) is 1. The Morgan fingerprint density at radius 2 is 2.19 bits per heavy atom. The first kappa shape index (κ1) is 13.9. The molecule has 0 amide bonds. The smallest absolute Gasteiger partial charge is 0.0503 e. The first-order chi connectivity index (χ1) is 7.57. The van der Waals surface area contributed by atoms with E-state index in [1.54, 1.807) is 7.11 Å². The highest BCUT2D eigenvalue weighted by molar-refractivity contribution is 4.76. The molecular weight excluding hydrogens is 200 g/mol. The average Bonchev–Trinajstić information content (AvgIpc) is 2.66. The second-order valence-electron chi connectivity index (χ2n) is 5.88. The molecule has 0 bridgehead atoms. The van der Waals surface area contributed by atoms with Gasteiger partial charge in [0.1, 0.15) is 0 Å². The highest BCUT2D eigenvalue weighted by Gasteiger charge is 2.22. The molecule has 16 heavy (non-hydrogen) atoms. The van der Waals surface area contributed by atoms with Crippen LogP contribution in [0, 0.1) is 11.3 Å². The quantitative estimate of drug-likeness (QED) is 0.721. The fraction of sp³-hybridized carbons (Fsp3) is 1.00. The lowest BCUT2D eigenvalue weighted by Gasteiger charge is -2.24. The van der Waals surface area contributed by atoms with Gasteiger partial charge >= 0.3 is 0 Å². The van der Waals surface area contributed by atoms with Crippen molar-refractivity contribution in [2.45, 2.75) is 33.1 Å². The molecule has 3 nitrogen and oxygen atoms in total. The summed E-state index contributed by atoms with van der Waals surface area (Å²) < 4.78 is 5.21. The van der Waals surface area contributed by atoms with E-state index in [4.69, 9.17) is 10.5 Å². The van der Waals surface area contributed by atoms with Gasteiger partial charge in [0.25, 0.3) is 0 Å². The largest absolute Gasteiger partial charge is 0.384 e. The van der Waals surface area contributed by atoms with Crippen LogP contribution < -0.4 is 5.73 Å². The fourth-order valence-electron chi connectivity index (χ4n) is 2.37. The van der Waals surface area contributed by atoms with Gasteiger partial charge in [-0.1, -0.05) is 13.8 Å². The normalized spacial score (nSPS) is 22.9. The zero-order valence-electron chi connectivity index (χ0n) is 11.2. The molecule has 1 unspecified atom stereocenters. The lowest BCUT2D eigenvalue weighted by molar-refractivity contribution is 0.152. The van der Waals surface area contributed by atoms with Crippen LogP contribution in [0.25, 0.3) is 0 Å². The van der Waals surface area contributed by atoms with Crippen molar-refractivity contribution >= 4 is 0 Å². The van der Waals surface area contributed by atoms with Crippen molar-refractivity contribution in [1.82, 2.24) is 4.90 Å². The molecule has 0 aromatic heterocycles. The Morgan fingerprint density at radius 1 is 1.44 bits per heavy atom. The Bertz CT molecular complexity index is 194. The van der Waals surface area contributed by atoms with Crippen molar-refractivity contribution in [3.63, 3.8) is 0 Å². The second-order valence-corrected chi connectivity index (χ2v) is 5.88. The Kier molecular flexibility index (Phi) is 5.73. The van der Waals surface area contributed by atoms with Crippen LogP contribution in [0.15, 0.2) is 0 Å². The summed E-state index contributed by atoms with van der Waals surface area (Å²) in [5, 5.41) is 0. The van der Waals surface area contributed by atoms with E-state index < -0.39 is 0 Å². The summed E-state index contributed by atoms with van der Waals surface area (Å²) in [7, 11) is 1.80. The molecule has 1 heterocycles. The van der Waals surface area contributed by atoms with Crippen LogP contribution in [0.4, 0.5) is 0 Å². The van der Waals surface area contributed by atoms with E-state index in [-0.39, 0.29) is 0 Å². The average molecular weight is 228 g/mol. The maximum atomic E-state index is 5.73. The predicted octanol–water partition coefficient (Wildman–Crippen LogP) is 1.72. The molecular formula is C13H28N2O. The van der Waals surface area contributed by atoms with Crippen LogP contribution in [-0.2, 0) is 4.74 Å². The molecule has 0 radical (unpaired) electrons. The van der Waals surface area contributed by atoms with Crippen LogP contribution in [0.2, 0.25) is 0 Å². The van der Waals surface area contributed by atoms with Crippen molar-refractivity contribution in [1.29, 1.82) is 0 Å². The maximum absolute atomic E-state index is 5.73. The monoisotopic (exact) mass is 228 g/mol. The number of hydrogen-bond acceptors (Lipinski definition) is 3. The van der Waals surface area contributed by atoms with Crippen LogP contribution in [-0.4, -0.2) is 44.8 Å². The lowest BCUT2D eigenvalue weighted by Crippen LogP contribution is -2.27. The van der Waals surface area contributed by atoms with E-state index in [0.717, 1.165) is 19.1 Å². The highest BCUT2D eigenvalue weighted by Crippen LogP contribution is 2.22. The third-order valence-corrected chi connectivity index (χ3v) is 3.65. The Hall–Kier alpha value is -0.120. The van der Waals surface area contributed by atoms with Gasteiger partial charge in [-0.3, -0.25) is 0 Å². The molecule has 0 aromatic carbocycles. The summed E-state index contributed by atoms with van der Waals surface area (Å²) in [5.41, 5.74) is 6.04. The van der Waals surface area contributed by atoms with Gasteiger partial charge in [0.05, 0.1) is 6.61 Å². The van der Waals surface area contributed by atoms with Gasteiger partial charge in [0, 0.05) is 13.7 Å². The zero-order valence-corrected chi connectivity index (χ0v) is 11.2. The van der Waals surface area contributed by atoms with Crippen LogP contribution in [0.1, 0.15) is 33.1 Å². The van der Waals surface area contributed by atoms with Crippen LogP contribution in [0.5, 0.6) is 0 Å². The molecule has 3 heteroatoms. The third kappa shape index (κ3) is 4.81. The van der Waals surface area contributed by atoms with Gasteiger partial charge in [-0.2, -0.15) is 0 Å². The summed E-state index contributed by atoms with van der Waals surface area (Å²) in [6, 6.07) is 0. The minimum Gasteiger partial charge on any atom is -0.384 e. The van der Waals surface area contributed by atoms with Crippen molar-refractivity contribution in [2.75, 3.05) is 39.9 Å². The Morgan fingerprint density at radius 3 is 2.81 bits per heavy atom. The lowest BCUT2D eigenvalue weighted by atomic mass is 9.88. The van der Waals surface area contributed by atoms with Gasteiger partial charge in [-0.15, -0.1) is 0 Å². The van der Waals surface area contributed by atoms with Crippen molar-refractivity contribution < 1.29 is 4.74 Å². The second kappa shape index (κ2) is 6.58. The van der Waals surface area contributed by atoms with E-state index in [2.05, 4.69) is 18.7 Å². The number of nitrogens with zero attached hydrogens (tertiary/aromatic N) is 1. The molecule has 0 spiro atoms.